The summed E-state index contributed by atoms with van der Waals surface area (Å²) in [5.41, 5.74) is 1.63. The first-order valence-corrected chi connectivity index (χ1v) is 6.33. The van der Waals surface area contributed by atoms with Gasteiger partial charge in [0.2, 0.25) is 0 Å². The van der Waals surface area contributed by atoms with E-state index in [4.69, 9.17) is 0 Å². The number of fused-ring (bicyclic) bond motifs is 1. The predicted octanol–water partition coefficient (Wildman–Crippen LogP) is 4.13. The van der Waals surface area contributed by atoms with Crippen molar-refractivity contribution >= 4 is 16.7 Å². The van der Waals surface area contributed by atoms with E-state index < -0.39 is 5.97 Å². The molecule has 18 heavy (non-hydrogen) atoms. The Morgan fingerprint density at radius 1 is 1.11 bits per heavy atom. The van der Waals surface area contributed by atoms with Crippen LogP contribution in [0.3, 0.4) is 0 Å². The Balaban J connectivity index is 2.50. The van der Waals surface area contributed by atoms with Gasteiger partial charge in [-0.25, -0.2) is 4.79 Å². The van der Waals surface area contributed by atoms with Gasteiger partial charge >= 0.3 is 5.97 Å². The van der Waals surface area contributed by atoms with Crippen LogP contribution in [0.15, 0.2) is 36.4 Å². The maximum absolute atomic E-state index is 11.2. The van der Waals surface area contributed by atoms with E-state index in [1.807, 2.05) is 30.3 Å². The molecular weight excluding hydrogens is 224 g/mol. The van der Waals surface area contributed by atoms with Crippen molar-refractivity contribution in [2.45, 2.75) is 26.7 Å². The van der Waals surface area contributed by atoms with Gasteiger partial charge in [-0.3, -0.25) is 0 Å². The summed E-state index contributed by atoms with van der Waals surface area (Å²) in [6, 6.07) is 11.4. The van der Waals surface area contributed by atoms with Gasteiger partial charge in [0.05, 0.1) is 5.56 Å². The lowest BCUT2D eigenvalue weighted by molar-refractivity contribution is 0.0699. The maximum atomic E-state index is 11.2. The number of carboxylic acid groups (broad SMARTS) is 1. The number of carboxylic acids is 1. The molecule has 0 aliphatic rings. The van der Waals surface area contributed by atoms with Crippen LogP contribution in [0.1, 0.15) is 36.2 Å². The van der Waals surface area contributed by atoms with E-state index in [2.05, 4.69) is 13.8 Å². The number of aromatic carboxylic acids is 1. The van der Waals surface area contributed by atoms with Gasteiger partial charge in [0.15, 0.2) is 0 Å². The number of hydrogen-bond acceptors (Lipinski definition) is 1. The zero-order valence-corrected chi connectivity index (χ0v) is 10.8. The molecule has 2 aromatic carbocycles. The summed E-state index contributed by atoms with van der Waals surface area (Å²) in [7, 11) is 0. The molecule has 0 spiro atoms. The fourth-order valence-electron chi connectivity index (χ4n) is 2.21. The number of hydrogen-bond donors (Lipinski definition) is 1. The molecule has 0 aliphatic heterocycles. The second kappa shape index (κ2) is 5.21. The largest absolute Gasteiger partial charge is 0.478 e. The average Bonchev–Trinajstić information content (AvgIpc) is 2.35. The van der Waals surface area contributed by atoms with Crippen molar-refractivity contribution in [3.8, 4) is 0 Å². The second-order valence-electron chi connectivity index (χ2n) is 5.06. The van der Waals surface area contributed by atoms with Gasteiger partial charge < -0.3 is 5.11 Å². The molecule has 2 aromatic rings. The molecule has 0 bridgehead atoms. The first kappa shape index (κ1) is 12.6. The fourth-order valence-corrected chi connectivity index (χ4v) is 2.21. The molecule has 0 saturated heterocycles. The van der Waals surface area contributed by atoms with Crippen LogP contribution in [0.25, 0.3) is 10.8 Å². The van der Waals surface area contributed by atoms with Crippen molar-refractivity contribution in [3.05, 3.63) is 47.5 Å². The molecular formula is C16H18O2. The molecule has 0 atom stereocenters. The molecule has 0 aromatic heterocycles. The number of carbonyl (C=O) groups is 1. The summed E-state index contributed by atoms with van der Waals surface area (Å²) in [5.74, 6) is -0.204. The van der Waals surface area contributed by atoms with Crippen molar-refractivity contribution in [1.82, 2.24) is 0 Å². The third-order valence-electron chi connectivity index (χ3n) is 3.24. The van der Waals surface area contributed by atoms with Crippen molar-refractivity contribution in [3.63, 3.8) is 0 Å². The third kappa shape index (κ3) is 2.53. The van der Waals surface area contributed by atoms with Crippen LogP contribution in [0.5, 0.6) is 0 Å². The molecule has 0 aliphatic carbocycles. The molecule has 0 fully saturated rings. The van der Waals surface area contributed by atoms with E-state index in [1.165, 1.54) is 5.56 Å². The highest BCUT2D eigenvalue weighted by Crippen LogP contribution is 2.24. The SMILES string of the molecule is CC(C)CCc1ccc(C(=O)O)c2ccccc12. The molecule has 1 N–H and O–H groups in total. The molecule has 2 nitrogen and oxygen atoms in total. The highest BCUT2D eigenvalue weighted by molar-refractivity contribution is 6.04. The van der Waals surface area contributed by atoms with Crippen LogP contribution < -0.4 is 0 Å². The predicted molar refractivity (Wildman–Crippen MR) is 74.1 cm³/mol. The first-order valence-electron chi connectivity index (χ1n) is 6.33. The fraction of sp³-hybridized carbons (Fsp3) is 0.312. The summed E-state index contributed by atoms with van der Waals surface area (Å²) in [4.78, 5) is 11.2. The zero-order valence-electron chi connectivity index (χ0n) is 10.8. The van der Waals surface area contributed by atoms with Crippen molar-refractivity contribution in [2.75, 3.05) is 0 Å². The highest BCUT2D eigenvalue weighted by Gasteiger charge is 2.10. The summed E-state index contributed by atoms with van der Waals surface area (Å²) in [5, 5.41) is 11.1. The Morgan fingerprint density at radius 3 is 2.39 bits per heavy atom. The van der Waals surface area contributed by atoms with E-state index in [-0.39, 0.29) is 0 Å². The summed E-state index contributed by atoms with van der Waals surface area (Å²) in [6.07, 6.45) is 2.12. The highest BCUT2D eigenvalue weighted by atomic mass is 16.4. The minimum atomic E-state index is -0.860. The van der Waals surface area contributed by atoms with Gasteiger partial charge in [0.25, 0.3) is 0 Å². The van der Waals surface area contributed by atoms with Crippen LogP contribution in [0.4, 0.5) is 0 Å². The van der Waals surface area contributed by atoms with Crippen LogP contribution in [-0.4, -0.2) is 11.1 Å². The van der Waals surface area contributed by atoms with E-state index >= 15 is 0 Å². The zero-order chi connectivity index (χ0) is 13.1. The smallest absolute Gasteiger partial charge is 0.336 e. The summed E-state index contributed by atoms with van der Waals surface area (Å²) in [6.45, 7) is 4.40. The van der Waals surface area contributed by atoms with Crippen LogP contribution >= 0.6 is 0 Å². The van der Waals surface area contributed by atoms with E-state index in [1.54, 1.807) is 6.07 Å². The van der Waals surface area contributed by atoms with Crippen molar-refractivity contribution in [2.24, 2.45) is 5.92 Å². The number of rotatable bonds is 4. The lowest BCUT2D eigenvalue weighted by Gasteiger charge is -2.10. The van der Waals surface area contributed by atoms with Crippen molar-refractivity contribution < 1.29 is 9.90 Å². The normalized spacial score (nSPS) is 11.1. The summed E-state index contributed by atoms with van der Waals surface area (Å²) >= 11 is 0. The quantitative estimate of drug-likeness (QED) is 0.875. The molecule has 0 saturated carbocycles. The monoisotopic (exact) mass is 242 g/mol. The minimum absolute atomic E-state index is 0.388. The van der Waals surface area contributed by atoms with Gasteiger partial charge in [-0.05, 0) is 41.2 Å². The second-order valence-corrected chi connectivity index (χ2v) is 5.06. The topological polar surface area (TPSA) is 37.3 Å². The van der Waals surface area contributed by atoms with Gasteiger partial charge in [-0.2, -0.15) is 0 Å². The summed E-state index contributed by atoms with van der Waals surface area (Å²) < 4.78 is 0. The lowest BCUT2D eigenvalue weighted by atomic mass is 9.95. The average molecular weight is 242 g/mol. The molecule has 0 unspecified atom stereocenters. The number of benzene rings is 2. The van der Waals surface area contributed by atoms with Gasteiger partial charge in [-0.15, -0.1) is 0 Å². The third-order valence-corrected chi connectivity index (χ3v) is 3.24. The van der Waals surface area contributed by atoms with Gasteiger partial charge in [0.1, 0.15) is 0 Å². The van der Waals surface area contributed by atoms with E-state index in [0.29, 0.717) is 11.5 Å². The van der Waals surface area contributed by atoms with Crippen LogP contribution in [0, 0.1) is 5.92 Å². The minimum Gasteiger partial charge on any atom is -0.478 e. The number of aryl methyl sites for hydroxylation is 1. The lowest BCUT2D eigenvalue weighted by Crippen LogP contribution is -2.00. The van der Waals surface area contributed by atoms with Gasteiger partial charge in [0, 0.05) is 0 Å². The molecule has 2 rings (SSSR count). The van der Waals surface area contributed by atoms with Crippen LogP contribution in [0.2, 0.25) is 0 Å². The Labute approximate surface area is 107 Å². The molecule has 0 radical (unpaired) electrons. The molecule has 94 valence electrons. The first-order chi connectivity index (χ1) is 8.59. The standard InChI is InChI=1S/C16H18O2/c1-11(2)7-8-12-9-10-15(16(17)18)14-6-4-3-5-13(12)14/h3-6,9-11H,7-8H2,1-2H3,(H,17,18). The van der Waals surface area contributed by atoms with E-state index in [0.717, 1.165) is 23.6 Å². The van der Waals surface area contributed by atoms with E-state index in [9.17, 15) is 9.90 Å². The molecule has 2 heteroatoms. The van der Waals surface area contributed by atoms with Crippen molar-refractivity contribution in [1.29, 1.82) is 0 Å². The van der Waals surface area contributed by atoms with Crippen LogP contribution in [-0.2, 0) is 6.42 Å². The maximum Gasteiger partial charge on any atom is 0.336 e. The molecule has 0 amide bonds. The Kier molecular flexibility index (Phi) is 3.66. The Morgan fingerprint density at radius 2 is 1.78 bits per heavy atom. The molecule has 0 heterocycles. The van der Waals surface area contributed by atoms with Gasteiger partial charge in [-0.1, -0.05) is 44.2 Å². The Bertz CT molecular complexity index is 570. The Hall–Kier alpha value is -1.83.